The van der Waals surface area contributed by atoms with Gasteiger partial charge in [0.2, 0.25) is 0 Å². The van der Waals surface area contributed by atoms with Crippen LogP contribution in [0.1, 0.15) is 11.1 Å². The van der Waals surface area contributed by atoms with Crippen molar-refractivity contribution in [2.75, 3.05) is 7.11 Å². The molecule has 0 atom stereocenters. The zero-order valence-corrected chi connectivity index (χ0v) is 9.48. The molecular weight excluding hydrogens is 249 g/mol. The fraction of sp³-hybridized carbons (Fsp3) is 0.300. The minimum atomic E-state index is -0.422. The normalized spacial score (nSPS) is 9.64. The molecule has 2 nitrogen and oxygen atoms in total. The number of hydrogen-bond acceptors (Lipinski definition) is 2. The second kappa shape index (κ2) is 4.43. The van der Waals surface area contributed by atoms with Crippen LogP contribution in [0.25, 0.3) is 0 Å². The Morgan fingerprint density at radius 2 is 2.29 bits per heavy atom. The maximum Gasteiger partial charge on any atom is 0.145 e. The fourth-order valence-corrected chi connectivity index (χ4v) is 1.90. The van der Waals surface area contributed by atoms with E-state index in [-0.39, 0.29) is 6.42 Å². The first-order valence-electron chi connectivity index (χ1n) is 4.00. The Bertz CT molecular complexity index is 398. The van der Waals surface area contributed by atoms with Gasteiger partial charge in [-0.25, -0.2) is 4.39 Å². The van der Waals surface area contributed by atoms with Crippen molar-refractivity contribution in [2.45, 2.75) is 13.3 Å². The highest BCUT2D eigenvalue weighted by atomic mass is 79.9. The van der Waals surface area contributed by atoms with Gasteiger partial charge in [-0.15, -0.1) is 0 Å². The van der Waals surface area contributed by atoms with Crippen LogP contribution in [0.5, 0.6) is 5.75 Å². The minimum Gasteiger partial charge on any atom is -0.496 e. The van der Waals surface area contributed by atoms with E-state index >= 15 is 0 Å². The Kier molecular flexibility index (Phi) is 3.48. The Balaban J connectivity index is 3.41. The lowest BCUT2D eigenvalue weighted by atomic mass is 10.1. The molecule has 0 amide bonds. The fourth-order valence-electron chi connectivity index (χ4n) is 1.32. The number of nitriles is 1. The van der Waals surface area contributed by atoms with Gasteiger partial charge >= 0.3 is 0 Å². The Hall–Kier alpha value is -1.08. The van der Waals surface area contributed by atoms with Crippen molar-refractivity contribution < 1.29 is 9.13 Å². The molecule has 0 bridgehead atoms. The van der Waals surface area contributed by atoms with E-state index < -0.39 is 5.82 Å². The van der Waals surface area contributed by atoms with Crippen LogP contribution < -0.4 is 4.74 Å². The van der Waals surface area contributed by atoms with Gasteiger partial charge in [0.25, 0.3) is 0 Å². The molecule has 1 aromatic carbocycles. The average Bonchev–Trinajstić information content (AvgIpc) is 2.14. The zero-order valence-electron chi connectivity index (χ0n) is 7.90. The Morgan fingerprint density at radius 3 is 2.79 bits per heavy atom. The molecular formula is C10H9BrFNO. The van der Waals surface area contributed by atoms with E-state index in [0.29, 0.717) is 15.8 Å². The van der Waals surface area contributed by atoms with Crippen molar-refractivity contribution in [2.24, 2.45) is 0 Å². The third kappa shape index (κ3) is 1.88. The first-order valence-corrected chi connectivity index (χ1v) is 4.79. The number of nitrogens with zero attached hydrogens (tertiary/aromatic N) is 1. The van der Waals surface area contributed by atoms with Gasteiger partial charge in [-0.2, -0.15) is 5.26 Å². The van der Waals surface area contributed by atoms with E-state index in [1.165, 1.54) is 7.11 Å². The molecule has 1 aromatic rings. The Morgan fingerprint density at radius 1 is 1.64 bits per heavy atom. The van der Waals surface area contributed by atoms with E-state index in [4.69, 9.17) is 10.00 Å². The van der Waals surface area contributed by atoms with E-state index in [9.17, 15) is 4.39 Å². The summed E-state index contributed by atoms with van der Waals surface area (Å²) in [7, 11) is 1.47. The first-order chi connectivity index (χ1) is 6.61. The molecule has 0 radical (unpaired) electrons. The standard InChI is InChI=1S/C10H9BrFNO/c1-6-5-8(11)9(12)7(3-4-13)10(6)14-2/h5H,3H2,1-2H3. The molecule has 0 aliphatic carbocycles. The van der Waals surface area contributed by atoms with Gasteiger partial charge < -0.3 is 4.74 Å². The van der Waals surface area contributed by atoms with Crippen molar-refractivity contribution in [3.8, 4) is 11.8 Å². The average molecular weight is 258 g/mol. The SMILES string of the molecule is COc1c(C)cc(Br)c(F)c1CC#N. The maximum atomic E-state index is 13.5. The summed E-state index contributed by atoms with van der Waals surface area (Å²) in [6, 6.07) is 3.55. The van der Waals surface area contributed by atoms with Crippen molar-refractivity contribution in [3.63, 3.8) is 0 Å². The highest BCUT2D eigenvalue weighted by Crippen LogP contribution is 2.31. The number of methoxy groups -OCH3 is 1. The van der Waals surface area contributed by atoms with E-state index in [2.05, 4.69) is 15.9 Å². The van der Waals surface area contributed by atoms with Crippen molar-refractivity contribution in [3.05, 3.63) is 27.5 Å². The lowest BCUT2D eigenvalue weighted by molar-refractivity contribution is 0.402. The number of benzene rings is 1. The second-order valence-corrected chi connectivity index (χ2v) is 3.69. The highest BCUT2D eigenvalue weighted by molar-refractivity contribution is 9.10. The molecule has 0 fully saturated rings. The van der Waals surface area contributed by atoms with Gasteiger partial charge in [0.1, 0.15) is 11.6 Å². The molecule has 0 aromatic heterocycles. The van der Waals surface area contributed by atoms with Crippen LogP contribution in [0.4, 0.5) is 4.39 Å². The van der Waals surface area contributed by atoms with Gasteiger partial charge in [-0.3, -0.25) is 0 Å². The third-order valence-corrected chi connectivity index (χ3v) is 2.49. The summed E-state index contributed by atoms with van der Waals surface area (Å²) in [5.74, 6) is 0.0289. The van der Waals surface area contributed by atoms with Crippen LogP contribution in [-0.2, 0) is 6.42 Å². The highest BCUT2D eigenvalue weighted by Gasteiger charge is 2.15. The molecule has 1 rings (SSSR count). The summed E-state index contributed by atoms with van der Waals surface area (Å²) >= 11 is 3.09. The molecule has 0 unspecified atom stereocenters. The lowest BCUT2D eigenvalue weighted by Gasteiger charge is -2.11. The minimum absolute atomic E-state index is 0.00921. The molecule has 4 heteroatoms. The van der Waals surface area contributed by atoms with Crippen LogP contribution in [-0.4, -0.2) is 7.11 Å². The Labute approximate surface area is 90.4 Å². The largest absolute Gasteiger partial charge is 0.496 e. The van der Waals surface area contributed by atoms with Gasteiger partial charge in [-0.1, -0.05) is 0 Å². The first kappa shape index (κ1) is 11.0. The molecule has 0 N–H and O–H groups in total. The number of rotatable bonds is 2. The third-order valence-electron chi connectivity index (χ3n) is 1.91. The summed E-state index contributed by atoms with van der Waals surface area (Å²) in [6.45, 7) is 1.81. The summed E-state index contributed by atoms with van der Waals surface area (Å²) in [5.41, 5.74) is 1.12. The van der Waals surface area contributed by atoms with Gasteiger partial charge in [0.15, 0.2) is 0 Å². The van der Waals surface area contributed by atoms with Crippen LogP contribution in [0.15, 0.2) is 10.5 Å². The lowest BCUT2D eigenvalue weighted by Crippen LogP contribution is -1.99. The quantitative estimate of drug-likeness (QED) is 0.816. The van der Waals surface area contributed by atoms with Crippen molar-refractivity contribution >= 4 is 15.9 Å². The van der Waals surface area contributed by atoms with Gasteiger partial charge in [0, 0.05) is 5.56 Å². The molecule has 14 heavy (non-hydrogen) atoms. The molecule has 0 aliphatic rings. The molecule has 74 valence electrons. The predicted molar refractivity (Wildman–Crippen MR) is 54.7 cm³/mol. The zero-order chi connectivity index (χ0) is 10.7. The maximum absolute atomic E-state index is 13.5. The van der Waals surface area contributed by atoms with Crippen molar-refractivity contribution in [1.82, 2.24) is 0 Å². The van der Waals surface area contributed by atoms with E-state index in [1.54, 1.807) is 6.07 Å². The summed E-state index contributed by atoms with van der Waals surface area (Å²) in [6.07, 6.45) is 0.00921. The number of hydrogen-bond donors (Lipinski definition) is 0. The topological polar surface area (TPSA) is 33.0 Å². The smallest absolute Gasteiger partial charge is 0.145 e. The van der Waals surface area contributed by atoms with Crippen LogP contribution in [0, 0.1) is 24.1 Å². The predicted octanol–water partition coefficient (Wildman–Crippen LogP) is 2.97. The van der Waals surface area contributed by atoms with Crippen molar-refractivity contribution in [1.29, 1.82) is 5.26 Å². The van der Waals surface area contributed by atoms with Crippen LogP contribution >= 0.6 is 15.9 Å². The monoisotopic (exact) mass is 257 g/mol. The molecule has 0 heterocycles. The number of ether oxygens (including phenoxy) is 1. The van der Waals surface area contributed by atoms with Gasteiger partial charge in [0.05, 0.1) is 24.1 Å². The second-order valence-electron chi connectivity index (χ2n) is 2.84. The number of halogens is 2. The molecule has 0 aliphatic heterocycles. The molecule has 0 saturated heterocycles. The van der Waals surface area contributed by atoms with Gasteiger partial charge in [-0.05, 0) is 34.5 Å². The van der Waals surface area contributed by atoms with Crippen LogP contribution in [0.3, 0.4) is 0 Å². The number of aryl methyl sites for hydroxylation is 1. The summed E-state index contributed by atoms with van der Waals surface area (Å²) in [5, 5.41) is 8.56. The summed E-state index contributed by atoms with van der Waals surface area (Å²) in [4.78, 5) is 0. The van der Waals surface area contributed by atoms with E-state index in [0.717, 1.165) is 5.56 Å². The van der Waals surface area contributed by atoms with E-state index in [1.807, 2.05) is 13.0 Å². The van der Waals surface area contributed by atoms with Crippen LogP contribution in [0.2, 0.25) is 0 Å². The summed E-state index contributed by atoms with van der Waals surface area (Å²) < 4.78 is 19.0. The molecule has 0 saturated carbocycles. The molecule has 0 spiro atoms.